The van der Waals surface area contributed by atoms with E-state index in [1.165, 1.54) is 23.0 Å². The molecule has 3 heterocycles. The van der Waals surface area contributed by atoms with Gasteiger partial charge in [0.05, 0.1) is 29.4 Å². The van der Waals surface area contributed by atoms with Crippen LogP contribution in [0.15, 0.2) is 63.0 Å². The lowest BCUT2D eigenvalue weighted by atomic mass is 9.84. The first-order valence-electron chi connectivity index (χ1n) is 9.52. The molecule has 2 aromatic heterocycles. The highest BCUT2D eigenvalue weighted by Crippen LogP contribution is 2.44. The minimum atomic E-state index is -0.652. The van der Waals surface area contributed by atoms with Crippen LogP contribution < -0.4 is 16.6 Å². The number of hydrogen-bond acceptors (Lipinski definition) is 6. The fraction of sp³-hybridized carbons (Fsp3) is 0.227. The summed E-state index contributed by atoms with van der Waals surface area (Å²) >= 11 is 1.45. The largest absolute Gasteiger partial charge is 0.463 e. The summed E-state index contributed by atoms with van der Waals surface area (Å²) in [5.41, 5.74) is 1.12. The minimum Gasteiger partial charge on any atom is -0.463 e. The van der Waals surface area contributed by atoms with E-state index in [2.05, 4.69) is 5.32 Å². The van der Waals surface area contributed by atoms with Gasteiger partial charge in [0.1, 0.15) is 5.82 Å². The zero-order valence-corrected chi connectivity index (χ0v) is 17.7. The number of nitrogens with one attached hydrogen (secondary N) is 1. The van der Waals surface area contributed by atoms with Crippen LogP contribution in [0.25, 0.3) is 5.70 Å². The van der Waals surface area contributed by atoms with Gasteiger partial charge < -0.3 is 10.1 Å². The Labute approximate surface area is 176 Å². The summed E-state index contributed by atoms with van der Waals surface area (Å²) in [6.07, 6.45) is 0. The van der Waals surface area contributed by atoms with Crippen LogP contribution in [-0.2, 0) is 23.6 Å². The first-order valence-corrected chi connectivity index (χ1v) is 10.4. The van der Waals surface area contributed by atoms with Crippen LogP contribution in [0.4, 0.5) is 5.82 Å². The Morgan fingerprint density at radius 1 is 1.10 bits per heavy atom. The van der Waals surface area contributed by atoms with Crippen LogP contribution in [0.3, 0.4) is 0 Å². The predicted molar refractivity (Wildman–Crippen MR) is 117 cm³/mol. The van der Waals surface area contributed by atoms with Gasteiger partial charge in [0.2, 0.25) is 0 Å². The molecule has 3 aromatic rings. The molecule has 7 nitrogen and oxygen atoms in total. The first-order chi connectivity index (χ1) is 14.5. The van der Waals surface area contributed by atoms with Crippen molar-refractivity contribution in [2.24, 2.45) is 14.1 Å². The van der Waals surface area contributed by atoms with Gasteiger partial charge in [-0.2, -0.15) is 0 Å². The summed E-state index contributed by atoms with van der Waals surface area (Å²) in [5, 5.41) is 5.10. The average molecular weight is 423 g/mol. The number of benzene rings is 1. The molecule has 0 fully saturated rings. The number of hydrogen-bond donors (Lipinski definition) is 1. The molecule has 1 unspecified atom stereocenters. The van der Waals surface area contributed by atoms with Gasteiger partial charge in [-0.05, 0) is 23.9 Å². The average Bonchev–Trinajstić information content (AvgIpc) is 3.30. The molecular weight excluding hydrogens is 402 g/mol. The quantitative estimate of drug-likeness (QED) is 0.653. The molecule has 1 N–H and O–H groups in total. The van der Waals surface area contributed by atoms with E-state index in [4.69, 9.17) is 4.74 Å². The Hall–Kier alpha value is -3.39. The second-order valence-electron chi connectivity index (χ2n) is 6.92. The van der Waals surface area contributed by atoms with E-state index >= 15 is 0 Å². The fourth-order valence-corrected chi connectivity index (χ4v) is 4.60. The molecule has 30 heavy (non-hydrogen) atoms. The van der Waals surface area contributed by atoms with Gasteiger partial charge in [0, 0.05) is 19.0 Å². The van der Waals surface area contributed by atoms with Crippen LogP contribution in [0.1, 0.15) is 28.8 Å². The van der Waals surface area contributed by atoms with E-state index in [1.54, 1.807) is 14.0 Å². The van der Waals surface area contributed by atoms with Crippen LogP contribution in [0.2, 0.25) is 0 Å². The Bertz CT molecular complexity index is 1250. The zero-order valence-electron chi connectivity index (χ0n) is 16.8. The molecule has 8 heteroatoms. The monoisotopic (exact) mass is 423 g/mol. The molecule has 4 rings (SSSR count). The van der Waals surface area contributed by atoms with Gasteiger partial charge in [-0.3, -0.25) is 13.9 Å². The number of carbonyl (C=O) groups is 1. The Kier molecular flexibility index (Phi) is 5.17. The number of aromatic nitrogens is 2. The molecule has 0 radical (unpaired) electrons. The van der Waals surface area contributed by atoms with Crippen molar-refractivity contribution in [2.45, 2.75) is 12.8 Å². The Balaban J connectivity index is 2.12. The molecule has 0 aliphatic carbocycles. The van der Waals surface area contributed by atoms with E-state index < -0.39 is 23.1 Å². The van der Waals surface area contributed by atoms with Gasteiger partial charge in [-0.25, -0.2) is 9.59 Å². The maximum absolute atomic E-state index is 13.2. The van der Waals surface area contributed by atoms with E-state index in [-0.39, 0.29) is 6.61 Å². The molecule has 1 aromatic carbocycles. The second-order valence-corrected chi connectivity index (χ2v) is 7.90. The van der Waals surface area contributed by atoms with Gasteiger partial charge >= 0.3 is 11.7 Å². The van der Waals surface area contributed by atoms with Crippen molar-refractivity contribution in [2.75, 3.05) is 11.9 Å². The van der Waals surface area contributed by atoms with Crippen LogP contribution in [0, 0.1) is 0 Å². The molecule has 0 bridgehead atoms. The van der Waals surface area contributed by atoms with Crippen molar-refractivity contribution in [1.29, 1.82) is 0 Å². The number of ether oxygens (including phenoxy) is 1. The first kappa shape index (κ1) is 19.9. The Morgan fingerprint density at radius 3 is 2.47 bits per heavy atom. The SMILES string of the molecule is CCOC(=O)C1=C(c2ccccc2)Nc2c(c(=O)n(C)c(=O)n2C)C1c1cccs1. The number of fused-ring (bicyclic) bond motifs is 1. The van der Waals surface area contributed by atoms with Crippen molar-refractivity contribution < 1.29 is 9.53 Å². The smallest absolute Gasteiger partial charge is 0.337 e. The van der Waals surface area contributed by atoms with Crippen molar-refractivity contribution >= 4 is 28.8 Å². The highest BCUT2D eigenvalue weighted by atomic mass is 32.1. The lowest BCUT2D eigenvalue weighted by Gasteiger charge is -2.31. The normalized spacial score (nSPS) is 15.5. The Morgan fingerprint density at radius 2 is 1.83 bits per heavy atom. The summed E-state index contributed by atoms with van der Waals surface area (Å²) < 4.78 is 7.86. The molecule has 1 aliphatic rings. The van der Waals surface area contributed by atoms with Crippen molar-refractivity contribution in [1.82, 2.24) is 9.13 Å². The third-order valence-corrected chi connectivity index (χ3v) is 6.11. The fourth-order valence-electron chi connectivity index (χ4n) is 3.76. The standard InChI is InChI=1S/C22H21N3O4S/c1-4-29-21(27)16-15(14-11-8-12-30-14)17-19(24(2)22(28)25(3)20(17)26)23-18(16)13-9-6-5-7-10-13/h5-12,15,23H,4H2,1-3H3. The predicted octanol–water partition coefficient (Wildman–Crippen LogP) is 2.68. The lowest BCUT2D eigenvalue weighted by molar-refractivity contribution is -0.138. The van der Waals surface area contributed by atoms with Gasteiger partial charge in [-0.1, -0.05) is 36.4 Å². The number of anilines is 1. The molecule has 1 atom stereocenters. The van der Waals surface area contributed by atoms with E-state index in [9.17, 15) is 14.4 Å². The van der Waals surface area contributed by atoms with Gasteiger partial charge in [0.15, 0.2) is 0 Å². The molecule has 0 saturated carbocycles. The molecule has 0 amide bonds. The van der Waals surface area contributed by atoms with E-state index in [0.717, 1.165) is 15.0 Å². The molecule has 0 spiro atoms. The molecule has 0 saturated heterocycles. The van der Waals surface area contributed by atoms with Crippen molar-refractivity contribution in [3.63, 3.8) is 0 Å². The number of nitrogens with zero attached hydrogens (tertiary/aromatic N) is 2. The lowest BCUT2D eigenvalue weighted by Crippen LogP contribution is -2.43. The highest BCUT2D eigenvalue weighted by Gasteiger charge is 2.39. The zero-order chi connectivity index (χ0) is 21.4. The number of thiophene rings is 1. The minimum absolute atomic E-state index is 0.208. The molecule has 154 valence electrons. The van der Waals surface area contributed by atoms with Crippen LogP contribution in [0.5, 0.6) is 0 Å². The highest BCUT2D eigenvalue weighted by molar-refractivity contribution is 7.10. The summed E-state index contributed by atoms with van der Waals surface area (Å²) in [7, 11) is 3.05. The van der Waals surface area contributed by atoms with Crippen molar-refractivity contribution in [3.05, 3.63) is 90.3 Å². The van der Waals surface area contributed by atoms with Crippen molar-refractivity contribution in [3.8, 4) is 0 Å². The van der Waals surface area contributed by atoms with Crippen LogP contribution >= 0.6 is 11.3 Å². The number of carbonyl (C=O) groups excluding carboxylic acids is 1. The number of esters is 1. The topological polar surface area (TPSA) is 82.3 Å². The summed E-state index contributed by atoms with van der Waals surface area (Å²) in [5.74, 6) is -0.766. The third kappa shape index (κ3) is 3.09. The summed E-state index contributed by atoms with van der Waals surface area (Å²) in [6.45, 7) is 1.95. The molecule has 1 aliphatic heterocycles. The maximum atomic E-state index is 13.2. The summed E-state index contributed by atoms with van der Waals surface area (Å²) in [4.78, 5) is 39.8. The van der Waals surface area contributed by atoms with Gasteiger partial charge in [0.25, 0.3) is 5.56 Å². The molecular formula is C22H21N3O4S. The van der Waals surface area contributed by atoms with Gasteiger partial charge in [-0.15, -0.1) is 11.3 Å². The van der Waals surface area contributed by atoms with E-state index in [0.29, 0.717) is 22.7 Å². The van der Waals surface area contributed by atoms with Crippen LogP contribution in [-0.4, -0.2) is 21.7 Å². The number of rotatable bonds is 4. The maximum Gasteiger partial charge on any atom is 0.337 e. The second kappa shape index (κ2) is 7.79. The summed E-state index contributed by atoms with van der Waals surface area (Å²) in [6, 6.07) is 13.1. The van der Waals surface area contributed by atoms with E-state index in [1.807, 2.05) is 47.8 Å². The third-order valence-electron chi connectivity index (χ3n) is 5.18.